The van der Waals surface area contributed by atoms with E-state index in [0.29, 0.717) is 22.0 Å². The number of hydrogen-bond donors (Lipinski definition) is 1. The van der Waals surface area contributed by atoms with Crippen LogP contribution in [0.4, 0.5) is 5.69 Å². The molecule has 0 atom stereocenters. The Morgan fingerprint density at radius 1 is 1.26 bits per heavy atom. The van der Waals surface area contributed by atoms with Crippen LogP contribution < -0.4 is 4.90 Å². The molecule has 0 saturated carbocycles. The Labute approximate surface area is 169 Å². The van der Waals surface area contributed by atoms with Crippen LogP contribution in [0.2, 0.25) is 5.02 Å². The number of phenols is 1. The second-order valence-corrected chi connectivity index (χ2v) is 7.19. The summed E-state index contributed by atoms with van der Waals surface area (Å²) in [7, 11) is 1.25. The molecule has 3 rings (SSSR count). The number of ether oxygens (including phenoxy) is 1. The molecule has 0 radical (unpaired) electrons. The van der Waals surface area contributed by atoms with Gasteiger partial charge >= 0.3 is 5.97 Å². The molecule has 2 aromatic carbocycles. The summed E-state index contributed by atoms with van der Waals surface area (Å²) in [5, 5.41) is 10.6. The topological polar surface area (TPSA) is 66.8 Å². The van der Waals surface area contributed by atoms with Crippen LogP contribution in [-0.4, -0.2) is 24.1 Å². The van der Waals surface area contributed by atoms with Crippen LogP contribution in [0.25, 0.3) is 6.08 Å². The van der Waals surface area contributed by atoms with Crippen LogP contribution in [0.5, 0.6) is 5.75 Å². The molecule has 1 aliphatic heterocycles. The predicted octanol–water partition coefficient (Wildman–Crippen LogP) is 4.69. The second-order valence-electron chi connectivity index (χ2n) is 5.83. The van der Waals surface area contributed by atoms with Gasteiger partial charge in [-0.25, -0.2) is 4.79 Å². The highest BCUT2D eigenvalue weighted by Gasteiger charge is 2.38. The van der Waals surface area contributed by atoms with E-state index in [2.05, 4.69) is 15.9 Å². The fourth-order valence-corrected chi connectivity index (χ4v) is 3.47. The van der Waals surface area contributed by atoms with Gasteiger partial charge in [0.25, 0.3) is 5.91 Å². The van der Waals surface area contributed by atoms with Crippen LogP contribution in [0.3, 0.4) is 0 Å². The summed E-state index contributed by atoms with van der Waals surface area (Å²) in [6.45, 7) is 1.66. The van der Waals surface area contributed by atoms with Gasteiger partial charge in [-0.1, -0.05) is 33.6 Å². The Morgan fingerprint density at radius 2 is 2.00 bits per heavy atom. The molecule has 0 aliphatic carbocycles. The van der Waals surface area contributed by atoms with E-state index in [1.165, 1.54) is 24.2 Å². The molecule has 0 aromatic heterocycles. The molecule has 0 bridgehead atoms. The lowest BCUT2D eigenvalue weighted by atomic mass is 10.0. The third-order valence-corrected chi connectivity index (χ3v) is 4.87. The minimum atomic E-state index is -0.633. The summed E-state index contributed by atoms with van der Waals surface area (Å²) in [5.74, 6) is -1.05. The highest BCUT2D eigenvalue weighted by Crippen LogP contribution is 2.37. The molecule has 1 aliphatic rings. The van der Waals surface area contributed by atoms with Crippen molar-refractivity contribution in [2.75, 3.05) is 12.0 Å². The quantitative estimate of drug-likeness (QED) is 0.547. The predicted molar refractivity (Wildman–Crippen MR) is 107 cm³/mol. The zero-order valence-electron chi connectivity index (χ0n) is 14.5. The van der Waals surface area contributed by atoms with E-state index in [4.69, 9.17) is 16.3 Å². The van der Waals surface area contributed by atoms with Crippen molar-refractivity contribution in [3.8, 4) is 5.75 Å². The highest BCUT2D eigenvalue weighted by atomic mass is 79.9. The lowest BCUT2D eigenvalue weighted by molar-refractivity contribution is -0.136. The first-order valence-electron chi connectivity index (χ1n) is 7.93. The highest BCUT2D eigenvalue weighted by molar-refractivity contribution is 9.10. The minimum absolute atomic E-state index is 0.0124. The van der Waals surface area contributed by atoms with Crippen molar-refractivity contribution in [3.05, 3.63) is 74.4 Å². The number of allylic oxidation sites excluding steroid dienone is 1. The largest absolute Gasteiger partial charge is 0.507 e. The van der Waals surface area contributed by atoms with E-state index >= 15 is 0 Å². The molecule has 1 heterocycles. The van der Waals surface area contributed by atoms with Crippen LogP contribution in [0.15, 0.2) is 63.8 Å². The maximum absolute atomic E-state index is 13.1. The standard InChI is InChI=1S/C20H15BrClNO4/c1-11-18(20(26)27-2)16(9-12-8-13(21)6-7-17(12)24)19(25)23(11)15-5-3-4-14(22)10-15/h3-10,24H,1-2H3/b16-9-. The molecule has 138 valence electrons. The number of methoxy groups -OCH3 is 1. The Hall–Kier alpha value is -2.57. The number of aromatic hydroxyl groups is 1. The molecule has 2 aromatic rings. The molecule has 5 nitrogen and oxygen atoms in total. The number of hydrogen-bond acceptors (Lipinski definition) is 4. The number of carbonyl (C=O) groups is 2. The first-order chi connectivity index (χ1) is 12.8. The summed E-state index contributed by atoms with van der Waals surface area (Å²) >= 11 is 9.38. The van der Waals surface area contributed by atoms with Gasteiger partial charge in [0.1, 0.15) is 5.75 Å². The molecular formula is C20H15BrClNO4. The van der Waals surface area contributed by atoms with E-state index in [1.54, 1.807) is 43.3 Å². The first-order valence-corrected chi connectivity index (χ1v) is 9.10. The number of carbonyl (C=O) groups excluding carboxylic acids is 2. The molecule has 27 heavy (non-hydrogen) atoms. The van der Waals surface area contributed by atoms with Gasteiger partial charge in [-0.05, 0) is 49.4 Å². The second kappa shape index (κ2) is 7.58. The molecule has 1 N–H and O–H groups in total. The first kappa shape index (κ1) is 19.2. The van der Waals surface area contributed by atoms with Gasteiger partial charge in [-0.2, -0.15) is 0 Å². The van der Waals surface area contributed by atoms with Gasteiger partial charge in [0.2, 0.25) is 0 Å². The number of phenolic OH excluding ortho intramolecular Hbond substituents is 1. The average Bonchev–Trinajstić information content (AvgIpc) is 2.87. The molecule has 0 fully saturated rings. The smallest absolute Gasteiger partial charge is 0.340 e. The van der Waals surface area contributed by atoms with Crippen molar-refractivity contribution in [3.63, 3.8) is 0 Å². The van der Waals surface area contributed by atoms with Crippen LogP contribution in [0.1, 0.15) is 12.5 Å². The van der Waals surface area contributed by atoms with Gasteiger partial charge in [-0.15, -0.1) is 0 Å². The van der Waals surface area contributed by atoms with E-state index in [-0.39, 0.29) is 16.9 Å². The number of benzene rings is 2. The Kier molecular flexibility index (Phi) is 5.39. The third kappa shape index (κ3) is 3.63. The van der Waals surface area contributed by atoms with Crippen molar-refractivity contribution in [1.82, 2.24) is 0 Å². The molecule has 1 amide bonds. The maximum Gasteiger partial charge on any atom is 0.340 e. The van der Waals surface area contributed by atoms with Crippen molar-refractivity contribution < 1.29 is 19.4 Å². The molecule has 0 unspecified atom stereocenters. The van der Waals surface area contributed by atoms with Crippen molar-refractivity contribution in [1.29, 1.82) is 0 Å². The molecular weight excluding hydrogens is 434 g/mol. The number of esters is 1. The summed E-state index contributed by atoms with van der Waals surface area (Å²) in [6, 6.07) is 11.6. The minimum Gasteiger partial charge on any atom is -0.507 e. The third-order valence-electron chi connectivity index (χ3n) is 4.15. The SMILES string of the molecule is COC(=O)C1=C(C)N(c2cccc(Cl)c2)C(=O)/C1=C\c1cc(Br)ccc1O. The summed E-state index contributed by atoms with van der Waals surface area (Å²) in [4.78, 5) is 26.9. The fourth-order valence-electron chi connectivity index (χ4n) is 2.90. The molecule has 7 heteroatoms. The van der Waals surface area contributed by atoms with Gasteiger partial charge in [0, 0.05) is 20.8 Å². The monoisotopic (exact) mass is 447 g/mol. The van der Waals surface area contributed by atoms with Crippen LogP contribution in [-0.2, 0) is 14.3 Å². The number of rotatable bonds is 3. The van der Waals surface area contributed by atoms with Crippen molar-refractivity contribution >= 4 is 51.2 Å². The van der Waals surface area contributed by atoms with Crippen LogP contribution >= 0.6 is 27.5 Å². The Bertz CT molecular complexity index is 1010. The van der Waals surface area contributed by atoms with Gasteiger partial charge in [0.05, 0.1) is 23.9 Å². The fraction of sp³-hybridized carbons (Fsp3) is 0.100. The van der Waals surface area contributed by atoms with E-state index in [0.717, 1.165) is 4.47 Å². The summed E-state index contributed by atoms with van der Waals surface area (Å²) < 4.78 is 5.59. The molecule has 0 spiro atoms. The van der Waals surface area contributed by atoms with Crippen LogP contribution in [0, 0.1) is 0 Å². The van der Waals surface area contributed by atoms with Gasteiger partial charge in [0.15, 0.2) is 0 Å². The number of anilines is 1. The number of amides is 1. The lowest BCUT2D eigenvalue weighted by Gasteiger charge is -2.18. The van der Waals surface area contributed by atoms with Gasteiger partial charge in [-0.3, -0.25) is 9.69 Å². The lowest BCUT2D eigenvalue weighted by Crippen LogP contribution is -2.24. The Morgan fingerprint density at radius 3 is 2.67 bits per heavy atom. The van der Waals surface area contributed by atoms with Crippen molar-refractivity contribution in [2.45, 2.75) is 6.92 Å². The van der Waals surface area contributed by atoms with E-state index in [9.17, 15) is 14.7 Å². The molecule has 0 saturated heterocycles. The maximum atomic E-state index is 13.1. The average molecular weight is 449 g/mol. The van der Waals surface area contributed by atoms with Gasteiger partial charge < -0.3 is 9.84 Å². The summed E-state index contributed by atoms with van der Waals surface area (Å²) in [6.07, 6.45) is 1.47. The van der Waals surface area contributed by atoms with E-state index in [1.807, 2.05) is 0 Å². The number of halogens is 2. The zero-order valence-corrected chi connectivity index (χ0v) is 16.8. The number of nitrogens with zero attached hydrogens (tertiary/aromatic N) is 1. The van der Waals surface area contributed by atoms with Crippen molar-refractivity contribution in [2.24, 2.45) is 0 Å². The summed E-state index contributed by atoms with van der Waals surface area (Å²) in [5.41, 5.74) is 1.63. The normalized spacial score (nSPS) is 15.6. The van der Waals surface area contributed by atoms with E-state index < -0.39 is 11.9 Å². The Balaban J connectivity index is 2.19. The zero-order chi connectivity index (χ0) is 19.7.